The molecule has 30 heavy (non-hydrogen) atoms. The molecule has 6 heteroatoms. The van der Waals surface area contributed by atoms with Crippen LogP contribution in [-0.2, 0) is 14.3 Å². The molecule has 1 aliphatic heterocycles. The standard InChI is InChI=1S/C24H19NO4S/c1-17(26)29-24(30-20-15-9-4-10-16-20)21(18-11-5-2-6-12-18)25(23(24)28)22(27)19-13-7-3-8-14-19/h2-16,21H,1H3/t21-,24-/m0/s1. The number of nitrogens with zero attached hydrogens (tertiary/aromatic N) is 1. The Hall–Kier alpha value is -3.38. The third-order valence-electron chi connectivity index (χ3n) is 4.80. The van der Waals surface area contributed by atoms with Gasteiger partial charge in [-0.2, -0.15) is 0 Å². The van der Waals surface area contributed by atoms with Gasteiger partial charge >= 0.3 is 5.97 Å². The SMILES string of the molecule is CC(=O)O[C@@]1(Sc2ccccc2)C(=O)N(C(=O)c2ccccc2)[C@H]1c1ccccc1. The molecular weight excluding hydrogens is 398 g/mol. The molecule has 0 aromatic heterocycles. The third-order valence-corrected chi connectivity index (χ3v) is 6.09. The topological polar surface area (TPSA) is 63.7 Å². The minimum absolute atomic E-state index is 0.396. The smallest absolute Gasteiger partial charge is 0.304 e. The molecule has 5 nitrogen and oxygen atoms in total. The number of carbonyl (C=O) groups is 3. The minimum Gasteiger partial charge on any atom is -0.435 e. The van der Waals surface area contributed by atoms with Crippen LogP contribution in [0.3, 0.4) is 0 Å². The Morgan fingerprint density at radius 2 is 1.40 bits per heavy atom. The Labute approximate surface area is 178 Å². The van der Waals surface area contributed by atoms with E-state index in [4.69, 9.17) is 4.74 Å². The van der Waals surface area contributed by atoms with E-state index in [1.165, 1.54) is 11.8 Å². The highest BCUT2D eigenvalue weighted by Gasteiger charge is 2.67. The fraction of sp³-hybridized carbons (Fsp3) is 0.125. The predicted molar refractivity (Wildman–Crippen MR) is 114 cm³/mol. The second kappa shape index (κ2) is 8.16. The van der Waals surface area contributed by atoms with Crippen LogP contribution in [0.25, 0.3) is 0 Å². The van der Waals surface area contributed by atoms with Crippen molar-refractivity contribution in [1.82, 2.24) is 4.90 Å². The molecule has 2 atom stereocenters. The van der Waals surface area contributed by atoms with Crippen LogP contribution in [0.4, 0.5) is 0 Å². The van der Waals surface area contributed by atoms with Gasteiger partial charge in [0.1, 0.15) is 6.04 Å². The van der Waals surface area contributed by atoms with E-state index in [1.807, 2.05) is 60.7 Å². The first kappa shape index (κ1) is 19.9. The predicted octanol–water partition coefficient (Wildman–Crippen LogP) is 4.46. The Bertz CT molecular complexity index is 1070. The van der Waals surface area contributed by atoms with Crippen molar-refractivity contribution in [2.75, 3.05) is 0 Å². The number of carbonyl (C=O) groups excluding carboxylic acids is 3. The number of hydrogen-bond acceptors (Lipinski definition) is 5. The zero-order valence-corrected chi connectivity index (χ0v) is 17.0. The van der Waals surface area contributed by atoms with Crippen LogP contribution >= 0.6 is 11.8 Å². The molecule has 1 saturated heterocycles. The van der Waals surface area contributed by atoms with Crippen molar-refractivity contribution in [3.8, 4) is 0 Å². The van der Waals surface area contributed by atoms with Crippen LogP contribution in [0.1, 0.15) is 28.9 Å². The molecule has 0 unspecified atom stereocenters. The van der Waals surface area contributed by atoms with Gasteiger partial charge in [0.2, 0.25) is 0 Å². The summed E-state index contributed by atoms with van der Waals surface area (Å²) in [4.78, 5) is 39.0. The quantitative estimate of drug-likeness (QED) is 0.265. The Kier molecular flexibility index (Phi) is 5.42. The number of esters is 1. The van der Waals surface area contributed by atoms with Crippen LogP contribution < -0.4 is 0 Å². The van der Waals surface area contributed by atoms with Crippen LogP contribution in [0.5, 0.6) is 0 Å². The molecule has 1 aliphatic rings. The van der Waals surface area contributed by atoms with Gasteiger partial charge in [0.25, 0.3) is 16.7 Å². The maximum absolute atomic E-state index is 13.4. The molecule has 3 aromatic carbocycles. The highest BCUT2D eigenvalue weighted by Crippen LogP contribution is 2.55. The summed E-state index contributed by atoms with van der Waals surface area (Å²) in [7, 11) is 0. The van der Waals surface area contributed by atoms with E-state index in [0.29, 0.717) is 11.1 Å². The summed E-state index contributed by atoms with van der Waals surface area (Å²) in [6.07, 6.45) is 0. The molecule has 0 saturated carbocycles. The van der Waals surface area contributed by atoms with Gasteiger partial charge in [-0.05, 0) is 29.8 Å². The third kappa shape index (κ3) is 3.50. The zero-order valence-electron chi connectivity index (χ0n) is 16.2. The van der Waals surface area contributed by atoms with Crippen molar-refractivity contribution in [1.29, 1.82) is 0 Å². The van der Waals surface area contributed by atoms with E-state index in [0.717, 1.165) is 16.7 Å². The molecule has 2 amide bonds. The first-order chi connectivity index (χ1) is 14.5. The minimum atomic E-state index is -1.56. The molecule has 3 aromatic rings. The molecule has 0 aliphatic carbocycles. The summed E-state index contributed by atoms with van der Waals surface area (Å²) < 4.78 is 5.65. The van der Waals surface area contributed by atoms with Gasteiger partial charge in [-0.15, -0.1) is 0 Å². The highest BCUT2D eigenvalue weighted by atomic mass is 32.2. The van der Waals surface area contributed by atoms with E-state index in [2.05, 4.69) is 0 Å². The Balaban J connectivity index is 1.81. The number of thioether (sulfide) groups is 1. The monoisotopic (exact) mass is 417 g/mol. The second-order valence-corrected chi connectivity index (χ2v) is 8.12. The van der Waals surface area contributed by atoms with Gasteiger partial charge < -0.3 is 4.74 Å². The lowest BCUT2D eigenvalue weighted by atomic mass is 9.88. The second-order valence-electron chi connectivity index (χ2n) is 6.84. The van der Waals surface area contributed by atoms with E-state index >= 15 is 0 Å². The normalized spacial score (nSPS) is 20.4. The molecule has 4 rings (SSSR count). The Morgan fingerprint density at radius 3 is 1.97 bits per heavy atom. The average molecular weight is 417 g/mol. The van der Waals surface area contributed by atoms with Crippen LogP contribution in [0.15, 0.2) is 95.9 Å². The lowest BCUT2D eigenvalue weighted by molar-refractivity contribution is -0.184. The lowest BCUT2D eigenvalue weighted by Gasteiger charge is -2.52. The average Bonchev–Trinajstić information content (AvgIpc) is 2.77. The summed E-state index contributed by atoms with van der Waals surface area (Å²) >= 11 is 1.15. The van der Waals surface area contributed by atoms with E-state index in [9.17, 15) is 14.4 Å². The fourth-order valence-corrected chi connectivity index (χ4v) is 4.88. The lowest BCUT2D eigenvalue weighted by Crippen LogP contribution is -2.69. The van der Waals surface area contributed by atoms with E-state index in [-0.39, 0.29) is 0 Å². The maximum Gasteiger partial charge on any atom is 0.304 e. The van der Waals surface area contributed by atoms with Crippen LogP contribution in [0.2, 0.25) is 0 Å². The largest absolute Gasteiger partial charge is 0.435 e. The molecule has 0 spiro atoms. The van der Waals surface area contributed by atoms with Crippen molar-refractivity contribution in [2.45, 2.75) is 22.8 Å². The number of imide groups is 1. The number of β-lactam (4-membered cyclic amide) rings is 1. The summed E-state index contributed by atoms with van der Waals surface area (Å²) in [5.74, 6) is -1.56. The summed E-state index contributed by atoms with van der Waals surface area (Å²) in [5, 5.41) is 0. The zero-order chi connectivity index (χ0) is 21.1. The summed E-state index contributed by atoms with van der Waals surface area (Å²) in [6.45, 7) is 1.27. The molecule has 0 bridgehead atoms. The molecule has 1 fully saturated rings. The number of rotatable bonds is 5. The summed E-state index contributed by atoms with van der Waals surface area (Å²) in [6, 6.07) is 26.3. The fourth-order valence-electron chi connectivity index (χ4n) is 3.54. The summed E-state index contributed by atoms with van der Waals surface area (Å²) in [5.41, 5.74) is 1.11. The first-order valence-electron chi connectivity index (χ1n) is 9.44. The number of benzene rings is 3. The van der Waals surface area contributed by atoms with Gasteiger partial charge in [-0.25, -0.2) is 0 Å². The molecule has 1 heterocycles. The van der Waals surface area contributed by atoms with E-state index in [1.54, 1.807) is 30.3 Å². The molecule has 0 radical (unpaired) electrons. The van der Waals surface area contributed by atoms with Crippen molar-refractivity contribution < 1.29 is 19.1 Å². The number of hydrogen-bond donors (Lipinski definition) is 0. The van der Waals surface area contributed by atoms with Gasteiger partial charge in [-0.1, -0.05) is 78.5 Å². The molecule has 0 N–H and O–H groups in total. The highest BCUT2D eigenvalue weighted by molar-refractivity contribution is 8.01. The first-order valence-corrected chi connectivity index (χ1v) is 10.3. The van der Waals surface area contributed by atoms with Crippen molar-refractivity contribution in [3.05, 3.63) is 102 Å². The van der Waals surface area contributed by atoms with Crippen molar-refractivity contribution in [3.63, 3.8) is 0 Å². The number of amides is 2. The van der Waals surface area contributed by atoms with Gasteiger partial charge in [0.05, 0.1) is 0 Å². The number of likely N-dealkylation sites (tertiary alicyclic amines) is 1. The molecular formula is C24H19NO4S. The van der Waals surface area contributed by atoms with E-state index < -0.39 is 28.8 Å². The Morgan fingerprint density at radius 1 is 0.867 bits per heavy atom. The van der Waals surface area contributed by atoms with Gasteiger partial charge in [0.15, 0.2) is 0 Å². The maximum atomic E-state index is 13.4. The van der Waals surface area contributed by atoms with Crippen molar-refractivity contribution in [2.24, 2.45) is 0 Å². The number of ether oxygens (including phenoxy) is 1. The van der Waals surface area contributed by atoms with Crippen LogP contribution in [0, 0.1) is 0 Å². The molecule has 150 valence electrons. The van der Waals surface area contributed by atoms with Gasteiger partial charge in [-0.3, -0.25) is 19.3 Å². The van der Waals surface area contributed by atoms with Gasteiger partial charge in [0, 0.05) is 17.4 Å². The van der Waals surface area contributed by atoms with Crippen molar-refractivity contribution >= 4 is 29.5 Å². The van der Waals surface area contributed by atoms with Crippen LogP contribution in [-0.4, -0.2) is 27.6 Å².